The van der Waals surface area contributed by atoms with Gasteiger partial charge in [-0.25, -0.2) is 25.2 Å². The van der Waals surface area contributed by atoms with E-state index in [4.69, 9.17) is 20.6 Å². The van der Waals surface area contributed by atoms with E-state index < -0.39 is 145 Å². The molecule has 0 aliphatic heterocycles. The molecule has 3 aromatic carbocycles. The summed E-state index contributed by atoms with van der Waals surface area (Å²) in [6, 6.07) is 3.90. The number of rotatable bonds is 16. The highest BCUT2D eigenvalue weighted by Crippen LogP contribution is 2.49. The number of anilines is 2. The zero-order valence-corrected chi connectivity index (χ0v) is 31.5. The van der Waals surface area contributed by atoms with Crippen LogP contribution in [0.25, 0.3) is 0 Å². The maximum absolute atomic E-state index is 12.6. The van der Waals surface area contributed by atoms with Crippen LogP contribution in [0, 0.1) is 6.92 Å². The number of hydrogen-bond donors (Lipinski definition) is 7. The van der Waals surface area contributed by atoms with Gasteiger partial charge in [0.05, 0.1) is 45.9 Å². The van der Waals surface area contributed by atoms with Crippen molar-refractivity contribution < 1.29 is 82.2 Å². The van der Waals surface area contributed by atoms with Crippen molar-refractivity contribution in [1.82, 2.24) is 0 Å². The molecule has 0 fully saturated rings. The molecule has 0 aliphatic rings. The summed E-state index contributed by atoms with van der Waals surface area (Å²) < 4.78 is 186. The molecule has 0 aliphatic carbocycles. The molecule has 0 aromatic heterocycles. The van der Waals surface area contributed by atoms with Crippen molar-refractivity contribution in [3.63, 3.8) is 0 Å². The second-order valence-electron chi connectivity index (χ2n) is 10.2. The zero-order valence-electron chi connectivity index (χ0n) is 26.6. The topological polar surface area (TPSA) is 426 Å². The molecule has 31 heteroatoms. The summed E-state index contributed by atoms with van der Waals surface area (Å²) in [5, 5.41) is 25.5. The van der Waals surface area contributed by atoms with E-state index in [1.807, 2.05) is 0 Å². The van der Waals surface area contributed by atoms with Gasteiger partial charge in [0, 0.05) is 0 Å². The Hall–Kier alpha value is -4.28. The van der Waals surface area contributed by atoms with E-state index in [2.05, 4.69) is 28.8 Å². The van der Waals surface area contributed by atoms with Gasteiger partial charge in [-0.1, -0.05) is 0 Å². The molecule has 0 spiro atoms. The van der Waals surface area contributed by atoms with Gasteiger partial charge < -0.3 is 16.6 Å². The fourth-order valence-corrected chi connectivity index (χ4v) is 8.43. The summed E-state index contributed by atoms with van der Waals surface area (Å²) in [4.78, 5) is -3.85. The van der Waals surface area contributed by atoms with Crippen molar-refractivity contribution in [2.45, 2.75) is 26.5 Å². The predicted octanol–water partition coefficient (Wildman–Crippen LogP) is 1.38. The van der Waals surface area contributed by atoms with E-state index in [-0.39, 0.29) is 5.56 Å². The highest BCUT2D eigenvalue weighted by atomic mass is 32.3. The summed E-state index contributed by atoms with van der Waals surface area (Å²) in [6.07, 6.45) is 0. The molecular weight excluding hydrogens is 857 g/mol. The van der Waals surface area contributed by atoms with Crippen LogP contribution in [0.2, 0.25) is 0 Å². The monoisotopic (exact) mass is 882 g/mol. The van der Waals surface area contributed by atoms with Crippen LogP contribution in [-0.4, -0.2) is 98.5 Å². The third-order valence-corrected chi connectivity index (χ3v) is 12.6. The lowest BCUT2D eigenvalue weighted by atomic mass is 10.1. The van der Waals surface area contributed by atoms with Crippen molar-refractivity contribution in [2.24, 2.45) is 20.5 Å². The number of azo groups is 2. The van der Waals surface area contributed by atoms with E-state index >= 15 is 0 Å². The first-order valence-corrected chi connectivity index (χ1v) is 22.5. The number of nitrogens with two attached hydrogens (primary N) is 2. The van der Waals surface area contributed by atoms with E-state index in [0.29, 0.717) is 12.1 Å². The number of phenols is 1. The summed E-state index contributed by atoms with van der Waals surface area (Å²) in [5.41, 5.74) is 8.29. The number of nitrogen functional groups attached to an aromatic ring is 2. The first kappa shape index (κ1) is 44.1. The minimum absolute atomic E-state index is 0.0668. The molecule has 25 nitrogen and oxygen atoms in total. The van der Waals surface area contributed by atoms with Crippen LogP contribution in [0.1, 0.15) is 5.56 Å². The molecule has 0 heterocycles. The average Bonchev–Trinajstić information content (AvgIpc) is 3.01. The second-order valence-corrected chi connectivity index (χ2v) is 19.4. The summed E-state index contributed by atoms with van der Waals surface area (Å²) in [7, 11) is -29.6. The number of hydrogen-bond acceptors (Lipinski definition) is 21. The average molecular weight is 883 g/mol. The molecular formula is C23H26N6O19S6. The minimum Gasteiger partial charge on any atom is -0.504 e. The molecule has 0 saturated carbocycles. The lowest BCUT2D eigenvalue weighted by molar-refractivity contribution is 0.282. The Balaban J connectivity index is 2.09. The number of aromatic hydroxyl groups is 1. The molecule has 0 saturated heterocycles. The van der Waals surface area contributed by atoms with Crippen molar-refractivity contribution in [3.05, 3.63) is 42.0 Å². The third kappa shape index (κ3) is 11.4. The quantitative estimate of drug-likeness (QED) is 0.0606. The highest BCUT2D eigenvalue weighted by molar-refractivity contribution is 7.92. The number of phenolic OH excluding ortho intramolecular Hbond substituents is 1. The molecule has 3 rings (SSSR count). The van der Waals surface area contributed by atoms with Crippen LogP contribution in [0.5, 0.6) is 5.75 Å². The normalized spacial score (nSPS) is 13.6. The Labute approximate surface area is 306 Å². The molecule has 0 atom stereocenters. The Kier molecular flexibility index (Phi) is 12.9. The Bertz CT molecular complexity index is 2550. The first-order valence-electron chi connectivity index (χ1n) is 13.6. The van der Waals surface area contributed by atoms with Gasteiger partial charge in [0.25, 0.3) is 20.2 Å². The van der Waals surface area contributed by atoms with E-state index in [1.165, 1.54) is 6.92 Å². The van der Waals surface area contributed by atoms with Crippen LogP contribution in [0.3, 0.4) is 0 Å². The molecule has 0 amide bonds. The molecule has 0 radical (unpaired) electrons. The number of benzene rings is 3. The van der Waals surface area contributed by atoms with Crippen molar-refractivity contribution in [1.29, 1.82) is 0 Å². The SMILES string of the molecule is Cc1c(N)c(/N=N/c2ccc(S(=O)(=O)CCOS(=O)(=O)O)cc2S(=O)(=O)O)c(O)c(/N=N/c2ccc(S(=O)(=O)CCOS(=O)(=O)O)cc2S(=O)(=O)O)c1N. The van der Waals surface area contributed by atoms with Crippen molar-refractivity contribution in [3.8, 4) is 5.75 Å². The third-order valence-electron chi connectivity index (χ3n) is 6.59. The summed E-state index contributed by atoms with van der Waals surface area (Å²) in [6.45, 7) is -0.867. The molecule has 3 aromatic rings. The zero-order chi connectivity index (χ0) is 41.2. The Morgan fingerprint density at radius 2 is 0.907 bits per heavy atom. The van der Waals surface area contributed by atoms with Crippen LogP contribution < -0.4 is 11.5 Å². The van der Waals surface area contributed by atoms with Gasteiger partial charge in [-0.3, -0.25) is 18.2 Å². The van der Waals surface area contributed by atoms with Crippen molar-refractivity contribution in [2.75, 3.05) is 36.2 Å². The summed E-state index contributed by atoms with van der Waals surface area (Å²) in [5.74, 6) is -3.18. The maximum Gasteiger partial charge on any atom is 0.397 e. The van der Waals surface area contributed by atoms with E-state index in [9.17, 15) is 64.7 Å². The van der Waals surface area contributed by atoms with Gasteiger partial charge in [0.1, 0.15) is 21.2 Å². The smallest absolute Gasteiger partial charge is 0.397 e. The van der Waals surface area contributed by atoms with Crippen molar-refractivity contribution >= 4 is 94.8 Å². The lowest BCUT2D eigenvalue weighted by Gasteiger charge is -2.13. The van der Waals surface area contributed by atoms with Crippen LogP contribution >= 0.6 is 0 Å². The van der Waals surface area contributed by atoms with Gasteiger partial charge in [-0.2, -0.15) is 33.7 Å². The largest absolute Gasteiger partial charge is 0.504 e. The Morgan fingerprint density at radius 3 is 1.20 bits per heavy atom. The van der Waals surface area contributed by atoms with E-state index in [1.54, 1.807) is 0 Å². The molecule has 54 heavy (non-hydrogen) atoms. The fourth-order valence-electron chi connectivity index (χ4n) is 3.97. The Morgan fingerprint density at radius 1 is 0.574 bits per heavy atom. The van der Waals surface area contributed by atoms with Crippen LogP contribution in [0.15, 0.2) is 76.4 Å². The molecule has 298 valence electrons. The lowest BCUT2D eigenvalue weighted by Crippen LogP contribution is -2.16. The van der Waals surface area contributed by atoms with Gasteiger partial charge in [0.15, 0.2) is 36.8 Å². The standard InChI is InChI=1S/C23H26N6O19S6/c1-12-19(24)21(28-26-15-4-2-13(10-17(15)51(35,36)37)49(31,32)8-6-47-53(41,42)43)23(30)22(20(12)25)29-27-16-5-3-14(11-18(16)52(38,39)40)50(33,34)9-7-48-54(44,45)46/h2-5,10-11,30H,6-9,24-25H2,1H3,(H,35,36,37)(H,38,39,40)(H,41,42,43)(H,44,45,46)/b28-26+,29-27+. The molecule has 0 unspecified atom stereocenters. The maximum atomic E-state index is 12.6. The van der Waals surface area contributed by atoms with Gasteiger partial charge in [0.2, 0.25) is 0 Å². The molecule has 9 N–H and O–H groups in total. The summed E-state index contributed by atoms with van der Waals surface area (Å²) >= 11 is 0. The molecule has 0 bridgehead atoms. The van der Waals surface area contributed by atoms with Gasteiger partial charge in [-0.15, -0.1) is 20.5 Å². The van der Waals surface area contributed by atoms with Crippen LogP contribution in [-0.2, 0) is 69.1 Å². The first-order chi connectivity index (χ1) is 24.4. The van der Waals surface area contributed by atoms with Gasteiger partial charge >= 0.3 is 20.8 Å². The van der Waals surface area contributed by atoms with Crippen LogP contribution in [0.4, 0.5) is 34.1 Å². The minimum atomic E-state index is -5.27. The second kappa shape index (κ2) is 15.8. The number of nitrogens with zero attached hydrogens (tertiary/aromatic N) is 4. The highest BCUT2D eigenvalue weighted by Gasteiger charge is 2.26. The predicted molar refractivity (Wildman–Crippen MR) is 182 cm³/mol. The number of sulfone groups is 2. The van der Waals surface area contributed by atoms with Gasteiger partial charge in [-0.05, 0) is 48.9 Å². The fraction of sp³-hybridized carbons (Fsp3) is 0.217. The van der Waals surface area contributed by atoms with E-state index in [0.717, 1.165) is 24.3 Å².